The van der Waals surface area contributed by atoms with E-state index in [9.17, 15) is 14.9 Å². The Labute approximate surface area is 123 Å². The summed E-state index contributed by atoms with van der Waals surface area (Å²) in [4.78, 5) is 22.2. The number of nitro benzene ring substituents is 1. The van der Waals surface area contributed by atoms with Gasteiger partial charge in [-0.25, -0.2) is 4.79 Å². The lowest BCUT2D eigenvalue weighted by Gasteiger charge is -2.09. The second-order valence-electron chi connectivity index (χ2n) is 5.11. The molecule has 0 aliphatic heterocycles. The fourth-order valence-electron chi connectivity index (χ4n) is 1.69. The van der Waals surface area contributed by atoms with Gasteiger partial charge in [0.05, 0.1) is 17.1 Å². The fourth-order valence-corrected chi connectivity index (χ4v) is 1.69. The van der Waals surface area contributed by atoms with Crippen molar-refractivity contribution in [3.63, 3.8) is 0 Å². The molecular weight excluding hydrogens is 276 g/mol. The van der Waals surface area contributed by atoms with Gasteiger partial charge >= 0.3 is 5.97 Å². The topological polar surface area (TPSA) is 105 Å². The summed E-state index contributed by atoms with van der Waals surface area (Å²) in [6.07, 6.45) is 0. The van der Waals surface area contributed by atoms with E-state index in [-0.39, 0.29) is 30.2 Å². The molecule has 7 nitrogen and oxygen atoms in total. The number of nitrogens with zero attached hydrogens (tertiary/aromatic N) is 1. The molecule has 21 heavy (non-hydrogen) atoms. The first kappa shape index (κ1) is 16.9. The maximum absolute atomic E-state index is 11.9. The second kappa shape index (κ2) is 7.58. The molecule has 0 saturated heterocycles. The molecule has 1 aromatic rings. The van der Waals surface area contributed by atoms with E-state index in [0.29, 0.717) is 18.1 Å². The highest BCUT2D eigenvalue weighted by molar-refractivity contribution is 5.97. The highest BCUT2D eigenvalue weighted by Gasteiger charge is 2.21. The molecule has 1 rings (SSSR count). The van der Waals surface area contributed by atoms with E-state index in [2.05, 4.69) is 0 Å². The number of ether oxygens (including phenoxy) is 2. The van der Waals surface area contributed by atoms with Gasteiger partial charge < -0.3 is 15.2 Å². The molecule has 0 radical (unpaired) electrons. The molecule has 116 valence electrons. The number of aryl methyl sites for hydroxylation is 1. The molecule has 0 amide bonds. The van der Waals surface area contributed by atoms with Crippen LogP contribution in [0.1, 0.15) is 29.8 Å². The van der Waals surface area contributed by atoms with Crippen LogP contribution in [-0.2, 0) is 9.47 Å². The summed E-state index contributed by atoms with van der Waals surface area (Å²) in [6, 6.07) is 2.79. The molecule has 0 aliphatic carbocycles. The number of esters is 1. The van der Waals surface area contributed by atoms with Gasteiger partial charge in [0.2, 0.25) is 0 Å². The van der Waals surface area contributed by atoms with Crippen molar-refractivity contribution in [3.8, 4) is 0 Å². The van der Waals surface area contributed by atoms with E-state index in [1.54, 1.807) is 6.92 Å². The van der Waals surface area contributed by atoms with Crippen molar-refractivity contribution in [2.45, 2.75) is 20.8 Å². The van der Waals surface area contributed by atoms with Crippen LogP contribution >= 0.6 is 0 Å². The van der Waals surface area contributed by atoms with Crippen LogP contribution in [0.3, 0.4) is 0 Å². The van der Waals surface area contributed by atoms with Crippen molar-refractivity contribution in [2.75, 3.05) is 25.6 Å². The Kier molecular flexibility index (Phi) is 6.10. The fraction of sp³-hybridized carbons (Fsp3) is 0.500. The molecule has 0 aliphatic rings. The molecule has 0 fully saturated rings. The van der Waals surface area contributed by atoms with Crippen LogP contribution in [0.5, 0.6) is 0 Å². The van der Waals surface area contributed by atoms with Crippen LogP contribution in [0.25, 0.3) is 0 Å². The Bertz CT molecular complexity index is 528. The minimum absolute atomic E-state index is 0.00515. The molecule has 0 saturated carbocycles. The summed E-state index contributed by atoms with van der Waals surface area (Å²) in [5.41, 5.74) is 5.75. The van der Waals surface area contributed by atoms with E-state index >= 15 is 0 Å². The smallest absolute Gasteiger partial charge is 0.340 e. The van der Waals surface area contributed by atoms with Crippen molar-refractivity contribution in [3.05, 3.63) is 33.4 Å². The molecule has 1 aromatic carbocycles. The predicted molar refractivity (Wildman–Crippen MR) is 78.2 cm³/mol. The number of anilines is 1. The number of nitro groups is 1. The standard InChI is InChI=1S/C14H20N2O5/c1-9(2)8-20-4-5-21-14(17)11-6-10(3)7-12(13(11)15)16(18)19/h6-7,9H,4-5,8,15H2,1-3H3. The summed E-state index contributed by atoms with van der Waals surface area (Å²) in [5, 5.41) is 10.9. The minimum Gasteiger partial charge on any atom is -0.460 e. The third-order valence-corrected chi connectivity index (χ3v) is 2.63. The Morgan fingerprint density at radius 1 is 1.38 bits per heavy atom. The maximum Gasteiger partial charge on any atom is 0.340 e. The predicted octanol–water partition coefficient (Wildman–Crippen LogP) is 2.31. The number of nitrogen functional groups attached to an aromatic ring is 1. The third kappa shape index (κ3) is 5.03. The highest BCUT2D eigenvalue weighted by atomic mass is 16.6. The SMILES string of the molecule is Cc1cc(C(=O)OCCOCC(C)C)c(N)c([N+](=O)[O-])c1. The molecule has 0 heterocycles. The van der Waals surface area contributed by atoms with E-state index in [1.165, 1.54) is 12.1 Å². The third-order valence-electron chi connectivity index (χ3n) is 2.63. The van der Waals surface area contributed by atoms with Crippen molar-refractivity contribution < 1.29 is 19.2 Å². The lowest BCUT2D eigenvalue weighted by Crippen LogP contribution is -2.14. The van der Waals surface area contributed by atoms with Crippen LogP contribution in [0.15, 0.2) is 12.1 Å². The van der Waals surface area contributed by atoms with Gasteiger partial charge in [-0.05, 0) is 24.5 Å². The minimum atomic E-state index is -0.688. The van der Waals surface area contributed by atoms with Gasteiger partial charge in [-0.2, -0.15) is 0 Å². The maximum atomic E-state index is 11.9. The van der Waals surface area contributed by atoms with Crippen LogP contribution in [-0.4, -0.2) is 30.7 Å². The average Bonchev–Trinajstić information content (AvgIpc) is 2.39. The number of carbonyl (C=O) groups excluding carboxylic acids is 1. The molecular formula is C14H20N2O5. The van der Waals surface area contributed by atoms with Crippen LogP contribution in [0, 0.1) is 23.0 Å². The molecule has 7 heteroatoms. The van der Waals surface area contributed by atoms with Crippen molar-refractivity contribution in [1.82, 2.24) is 0 Å². The van der Waals surface area contributed by atoms with Crippen molar-refractivity contribution in [2.24, 2.45) is 5.92 Å². The van der Waals surface area contributed by atoms with E-state index in [0.717, 1.165) is 0 Å². The monoisotopic (exact) mass is 296 g/mol. The zero-order valence-corrected chi connectivity index (χ0v) is 12.4. The van der Waals surface area contributed by atoms with Gasteiger partial charge in [-0.15, -0.1) is 0 Å². The lowest BCUT2D eigenvalue weighted by atomic mass is 10.1. The molecule has 0 spiro atoms. The lowest BCUT2D eigenvalue weighted by molar-refractivity contribution is -0.384. The molecule has 2 N–H and O–H groups in total. The molecule has 0 aromatic heterocycles. The van der Waals surface area contributed by atoms with Crippen LogP contribution in [0.4, 0.5) is 11.4 Å². The number of hydrogen-bond acceptors (Lipinski definition) is 6. The van der Waals surface area contributed by atoms with Crippen molar-refractivity contribution >= 4 is 17.3 Å². The summed E-state index contributed by atoms with van der Waals surface area (Å²) in [6.45, 7) is 6.60. The first-order valence-electron chi connectivity index (χ1n) is 6.62. The van der Waals surface area contributed by atoms with Gasteiger partial charge in [0.25, 0.3) is 5.69 Å². The molecule has 0 bridgehead atoms. The zero-order valence-electron chi connectivity index (χ0n) is 12.4. The summed E-state index contributed by atoms with van der Waals surface area (Å²) < 4.78 is 10.3. The van der Waals surface area contributed by atoms with Crippen molar-refractivity contribution in [1.29, 1.82) is 0 Å². The number of nitrogens with two attached hydrogens (primary N) is 1. The molecule has 0 unspecified atom stereocenters. The Balaban J connectivity index is 2.68. The van der Waals surface area contributed by atoms with E-state index < -0.39 is 10.9 Å². The number of hydrogen-bond donors (Lipinski definition) is 1. The first-order valence-corrected chi connectivity index (χ1v) is 6.62. The largest absolute Gasteiger partial charge is 0.460 e. The van der Waals surface area contributed by atoms with Gasteiger partial charge in [-0.3, -0.25) is 10.1 Å². The number of rotatable bonds is 7. The van der Waals surface area contributed by atoms with Gasteiger partial charge in [0.1, 0.15) is 12.3 Å². The van der Waals surface area contributed by atoms with E-state index in [1.807, 2.05) is 13.8 Å². The van der Waals surface area contributed by atoms with Gasteiger partial charge in [0, 0.05) is 12.7 Å². The summed E-state index contributed by atoms with van der Waals surface area (Å²) in [5.74, 6) is -0.289. The first-order chi connectivity index (χ1) is 9.82. The number of carbonyl (C=O) groups is 1. The summed E-state index contributed by atoms with van der Waals surface area (Å²) >= 11 is 0. The zero-order chi connectivity index (χ0) is 16.0. The summed E-state index contributed by atoms with van der Waals surface area (Å²) in [7, 11) is 0. The molecule has 0 atom stereocenters. The van der Waals surface area contributed by atoms with Gasteiger partial charge in [0.15, 0.2) is 0 Å². The average molecular weight is 296 g/mol. The van der Waals surface area contributed by atoms with Crippen LogP contribution in [0.2, 0.25) is 0 Å². The van der Waals surface area contributed by atoms with Gasteiger partial charge in [-0.1, -0.05) is 13.8 Å². The normalized spacial score (nSPS) is 10.7. The highest BCUT2D eigenvalue weighted by Crippen LogP contribution is 2.27. The quantitative estimate of drug-likeness (QED) is 0.272. The Morgan fingerprint density at radius 3 is 2.62 bits per heavy atom. The Hall–Kier alpha value is -2.15. The second-order valence-corrected chi connectivity index (χ2v) is 5.11. The Morgan fingerprint density at radius 2 is 2.05 bits per heavy atom. The van der Waals surface area contributed by atoms with Crippen LogP contribution < -0.4 is 5.73 Å². The van der Waals surface area contributed by atoms with E-state index in [4.69, 9.17) is 15.2 Å². The number of benzene rings is 1.